The van der Waals surface area contributed by atoms with Crippen LogP contribution in [0.2, 0.25) is 0 Å². The van der Waals surface area contributed by atoms with Crippen molar-refractivity contribution in [3.8, 4) is 0 Å². The summed E-state index contributed by atoms with van der Waals surface area (Å²) in [6.45, 7) is 6.33. The molecule has 5 nitrogen and oxygen atoms in total. The molecule has 2 heterocycles. The lowest BCUT2D eigenvalue weighted by Gasteiger charge is -2.21. The minimum Gasteiger partial charge on any atom is -0.443 e. The molecule has 0 amide bonds. The number of hydrogen-bond donors (Lipinski definition) is 0. The topological polar surface area (TPSA) is 53.4 Å². The average Bonchev–Trinajstić information content (AvgIpc) is 2.92. The van der Waals surface area contributed by atoms with Gasteiger partial charge in [-0.05, 0) is 38.5 Å². The monoisotopic (exact) mass is 338 g/mol. The van der Waals surface area contributed by atoms with Crippen molar-refractivity contribution in [1.29, 1.82) is 0 Å². The van der Waals surface area contributed by atoms with Gasteiger partial charge in [0.15, 0.2) is 0 Å². The zero-order chi connectivity index (χ0) is 17.9. The van der Waals surface area contributed by atoms with E-state index in [1.807, 2.05) is 63.2 Å². The molecule has 2 aromatic heterocycles. The van der Waals surface area contributed by atoms with Crippen LogP contribution in [0, 0.1) is 0 Å². The number of fused-ring (bicyclic) bond motifs is 1. The SMILES string of the molecule is CC(C)(C)OC(=O)n1c(COCc2ccccc2)cc2ccncc21. The lowest BCUT2D eigenvalue weighted by molar-refractivity contribution is 0.0513. The highest BCUT2D eigenvalue weighted by molar-refractivity contribution is 5.90. The molecule has 0 spiro atoms. The molecule has 3 rings (SSSR count). The molecular formula is C20H22N2O3. The molecule has 0 saturated carbocycles. The lowest BCUT2D eigenvalue weighted by atomic mass is 10.2. The van der Waals surface area contributed by atoms with Gasteiger partial charge < -0.3 is 9.47 Å². The van der Waals surface area contributed by atoms with Gasteiger partial charge >= 0.3 is 6.09 Å². The van der Waals surface area contributed by atoms with E-state index in [0.717, 1.165) is 22.2 Å². The molecule has 0 aliphatic heterocycles. The van der Waals surface area contributed by atoms with E-state index in [4.69, 9.17) is 9.47 Å². The quantitative estimate of drug-likeness (QED) is 0.701. The molecule has 0 aliphatic carbocycles. The zero-order valence-corrected chi connectivity index (χ0v) is 14.7. The fraction of sp³-hybridized carbons (Fsp3) is 0.300. The summed E-state index contributed by atoms with van der Waals surface area (Å²) in [7, 11) is 0. The molecule has 0 saturated heterocycles. The fourth-order valence-corrected chi connectivity index (χ4v) is 2.58. The minimum atomic E-state index is -0.571. The van der Waals surface area contributed by atoms with Gasteiger partial charge in [-0.2, -0.15) is 0 Å². The Morgan fingerprint density at radius 2 is 1.88 bits per heavy atom. The largest absolute Gasteiger partial charge is 0.443 e. The summed E-state index contributed by atoms with van der Waals surface area (Å²) >= 11 is 0. The van der Waals surface area contributed by atoms with Crippen molar-refractivity contribution in [2.24, 2.45) is 0 Å². The smallest absolute Gasteiger partial charge is 0.419 e. The highest BCUT2D eigenvalue weighted by Crippen LogP contribution is 2.22. The maximum Gasteiger partial charge on any atom is 0.419 e. The van der Waals surface area contributed by atoms with E-state index in [2.05, 4.69) is 4.98 Å². The van der Waals surface area contributed by atoms with Gasteiger partial charge in [0, 0.05) is 11.6 Å². The number of carbonyl (C=O) groups excluding carboxylic acids is 1. The number of ether oxygens (including phenoxy) is 2. The molecule has 0 radical (unpaired) electrons. The first-order chi connectivity index (χ1) is 11.9. The van der Waals surface area contributed by atoms with Crippen molar-refractivity contribution in [1.82, 2.24) is 9.55 Å². The first-order valence-corrected chi connectivity index (χ1v) is 8.23. The first kappa shape index (κ1) is 17.2. The Morgan fingerprint density at radius 3 is 2.60 bits per heavy atom. The van der Waals surface area contributed by atoms with Crippen molar-refractivity contribution in [2.45, 2.75) is 39.6 Å². The van der Waals surface area contributed by atoms with Gasteiger partial charge in [0.25, 0.3) is 0 Å². The van der Waals surface area contributed by atoms with Gasteiger partial charge in [0.05, 0.1) is 30.6 Å². The number of nitrogens with zero attached hydrogens (tertiary/aromatic N) is 2. The molecule has 0 bridgehead atoms. The fourth-order valence-electron chi connectivity index (χ4n) is 2.58. The Balaban J connectivity index is 1.83. The number of rotatable bonds is 4. The van der Waals surface area contributed by atoms with Gasteiger partial charge in [-0.1, -0.05) is 30.3 Å². The summed E-state index contributed by atoms with van der Waals surface area (Å²) in [5.41, 5.74) is 1.98. The summed E-state index contributed by atoms with van der Waals surface area (Å²) in [6.07, 6.45) is 2.95. The third kappa shape index (κ3) is 4.25. The Morgan fingerprint density at radius 1 is 1.12 bits per heavy atom. The van der Waals surface area contributed by atoms with Crippen LogP contribution in [0.5, 0.6) is 0 Å². The van der Waals surface area contributed by atoms with Crippen LogP contribution in [0.15, 0.2) is 54.9 Å². The number of pyridine rings is 1. The summed E-state index contributed by atoms with van der Waals surface area (Å²) in [6, 6.07) is 13.7. The highest BCUT2D eigenvalue weighted by atomic mass is 16.6. The Hall–Kier alpha value is -2.66. The van der Waals surface area contributed by atoms with Gasteiger partial charge in [0.1, 0.15) is 5.60 Å². The van der Waals surface area contributed by atoms with Crippen LogP contribution >= 0.6 is 0 Å². The maximum absolute atomic E-state index is 12.6. The van der Waals surface area contributed by atoms with Crippen molar-refractivity contribution < 1.29 is 14.3 Å². The van der Waals surface area contributed by atoms with E-state index in [1.165, 1.54) is 0 Å². The lowest BCUT2D eigenvalue weighted by Crippen LogP contribution is -2.28. The van der Waals surface area contributed by atoms with Gasteiger partial charge in [-0.15, -0.1) is 0 Å². The Kier molecular flexibility index (Phi) is 4.86. The number of hydrogen-bond acceptors (Lipinski definition) is 4. The van der Waals surface area contributed by atoms with E-state index < -0.39 is 11.7 Å². The summed E-state index contributed by atoms with van der Waals surface area (Å²) in [5.74, 6) is 0. The average molecular weight is 338 g/mol. The molecule has 5 heteroatoms. The standard InChI is InChI=1S/C20H22N2O3/c1-20(2,3)25-19(23)22-17(11-16-9-10-21-12-18(16)22)14-24-13-15-7-5-4-6-8-15/h4-12H,13-14H2,1-3H3. The second-order valence-electron chi connectivity index (χ2n) is 6.86. The molecular weight excluding hydrogens is 316 g/mol. The predicted molar refractivity (Wildman–Crippen MR) is 96.3 cm³/mol. The van der Waals surface area contributed by atoms with Crippen LogP contribution in [-0.2, 0) is 22.7 Å². The van der Waals surface area contributed by atoms with Crippen LogP contribution in [0.4, 0.5) is 4.79 Å². The Labute approximate surface area is 147 Å². The molecule has 1 aromatic carbocycles. The van der Waals surface area contributed by atoms with E-state index in [9.17, 15) is 4.79 Å². The van der Waals surface area contributed by atoms with E-state index in [0.29, 0.717) is 13.2 Å². The zero-order valence-electron chi connectivity index (χ0n) is 14.7. The molecule has 0 N–H and O–H groups in total. The predicted octanol–water partition coefficient (Wildman–Crippen LogP) is 4.54. The molecule has 130 valence electrons. The summed E-state index contributed by atoms with van der Waals surface area (Å²) in [5, 5.41) is 0.930. The highest BCUT2D eigenvalue weighted by Gasteiger charge is 2.22. The second-order valence-corrected chi connectivity index (χ2v) is 6.86. The number of aromatic nitrogens is 2. The van der Waals surface area contributed by atoms with Crippen molar-refractivity contribution in [3.63, 3.8) is 0 Å². The van der Waals surface area contributed by atoms with E-state index in [-0.39, 0.29) is 0 Å². The first-order valence-electron chi connectivity index (χ1n) is 8.23. The normalized spacial score (nSPS) is 11.6. The Bertz CT molecular complexity index is 864. The molecule has 0 aliphatic rings. The van der Waals surface area contributed by atoms with Crippen LogP contribution in [-0.4, -0.2) is 21.2 Å². The minimum absolute atomic E-state index is 0.308. The molecule has 0 fully saturated rings. The molecule has 0 unspecified atom stereocenters. The van der Waals surface area contributed by atoms with Crippen LogP contribution in [0.1, 0.15) is 32.0 Å². The molecule has 25 heavy (non-hydrogen) atoms. The molecule has 3 aromatic rings. The van der Waals surface area contributed by atoms with Gasteiger partial charge in [-0.25, -0.2) is 9.36 Å². The van der Waals surface area contributed by atoms with Crippen LogP contribution in [0.25, 0.3) is 10.9 Å². The number of benzene rings is 1. The summed E-state index contributed by atoms with van der Waals surface area (Å²) < 4.78 is 12.9. The van der Waals surface area contributed by atoms with Crippen LogP contribution < -0.4 is 0 Å². The van der Waals surface area contributed by atoms with Gasteiger partial charge in [-0.3, -0.25) is 4.98 Å². The van der Waals surface area contributed by atoms with E-state index in [1.54, 1.807) is 17.0 Å². The van der Waals surface area contributed by atoms with Crippen LogP contribution in [0.3, 0.4) is 0 Å². The van der Waals surface area contributed by atoms with E-state index >= 15 is 0 Å². The third-order valence-electron chi connectivity index (χ3n) is 3.62. The maximum atomic E-state index is 12.6. The van der Waals surface area contributed by atoms with Crippen molar-refractivity contribution >= 4 is 17.0 Å². The van der Waals surface area contributed by atoms with Gasteiger partial charge in [0.2, 0.25) is 0 Å². The second kappa shape index (κ2) is 7.07. The van der Waals surface area contributed by atoms with Crippen molar-refractivity contribution in [2.75, 3.05) is 0 Å². The van der Waals surface area contributed by atoms with Crippen molar-refractivity contribution in [3.05, 3.63) is 66.1 Å². The third-order valence-corrected chi connectivity index (χ3v) is 3.62. The number of carbonyl (C=O) groups is 1. The summed E-state index contributed by atoms with van der Waals surface area (Å²) in [4.78, 5) is 16.8. The molecule has 0 atom stereocenters.